The number of carbonyl (C=O) groups excluding carboxylic acids is 1. The van der Waals surface area contributed by atoms with Gasteiger partial charge in [0, 0.05) is 13.3 Å². The van der Waals surface area contributed by atoms with Crippen molar-refractivity contribution in [1.82, 2.24) is 9.78 Å². The largest absolute Gasteiger partial charge is 0.383 e. The molecule has 0 aliphatic heterocycles. The second-order valence-corrected chi connectivity index (χ2v) is 3.92. The van der Waals surface area contributed by atoms with Gasteiger partial charge in [0.15, 0.2) is 0 Å². The molecule has 1 aromatic carbocycles. The van der Waals surface area contributed by atoms with Gasteiger partial charge in [-0.1, -0.05) is 12.1 Å². The zero-order chi connectivity index (χ0) is 13.7. The Kier molecular flexibility index (Phi) is 4.25. The number of nitrogens with zero attached hydrogens (tertiary/aromatic N) is 2. The summed E-state index contributed by atoms with van der Waals surface area (Å²) in [7, 11) is 1.60. The molecular weight excluding hydrogens is 249 g/mol. The van der Waals surface area contributed by atoms with Crippen LogP contribution < -0.4 is 5.32 Å². The van der Waals surface area contributed by atoms with Crippen LogP contribution in [0.1, 0.15) is 10.4 Å². The number of benzene rings is 1. The topological polar surface area (TPSA) is 56.1 Å². The molecule has 19 heavy (non-hydrogen) atoms. The zero-order valence-electron chi connectivity index (χ0n) is 10.5. The average molecular weight is 263 g/mol. The van der Waals surface area contributed by atoms with E-state index in [1.54, 1.807) is 24.1 Å². The molecule has 100 valence electrons. The van der Waals surface area contributed by atoms with Crippen LogP contribution in [0.2, 0.25) is 0 Å². The third kappa shape index (κ3) is 3.38. The van der Waals surface area contributed by atoms with Crippen molar-refractivity contribution in [2.24, 2.45) is 0 Å². The Morgan fingerprint density at radius 2 is 2.26 bits per heavy atom. The third-order valence-electron chi connectivity index (χ3n) is 2.53. The normalized spacial score (nSPS) is 10.4. The number of aromatic nitrogens is 2. The van der Waals surface area contributed by atoms with Gasteiger partial charge in [0.2, 0.25) is 0 Å². The maximum absolute atomic E-state index is 13.4. The summed E-state index contributed by atoms with van der Waals surface area (Å²) in [5.74, 6) is -1.05. The molecule has 2 aromatic rings. The van der Waals surface area contributed by atoms with Gasteiger partial charge < -0.3 is 10.1 Å². The first kappa shape index (κ1) is 13.2. The van der Waals surface area contributed by atoms with Crippen LogP contribution in [0.15, 0.2) is 36.7 Å². The minimum Gasteiger partial charge on any atom is -0.383 e. The molecule has 6 heteroatoms. The van der Waals surface area contributed by atoms with Crippen LogP contribution >= 0.6 is 0 Å². The van der Waals surface area contributed by atoms with Crippen LogP contribution in [0.3, 0.4) is 0 Å². The van der Waals surface area contributed by atoms with Crippen LogP contribution in [0.25, 0.3) is 0 Å². The van der Waals surface area contributed by atoms with Crippen LogP contribution in [0.5, 0.6) is 0 Å². The molecule has 0 saturated carbocycles. The summed E-state index contributed by atoms with van der Waals surface area (Å²) in [6, 6.07) is 5.83. The molecule has 2 rings (SSSR count). The first-order valence-electron chi connectivity index (χ1n) is 5.78. The maximum Gasteiger partial charge on any atom is 0.258 e. The van der Waals surface area contributed by atoms with E-state index in [1.165, 1.54) is 24.4 Å². The third-order valence-corrected chi connectivity index (χ3v) is 2.53. The Morgan fingerprint density at radius 1 is 1.47 bits per heavy atom. The summed E-state index contributed by atoms with van der Waals surface area (Å²) >= 11 is 0. The number of rotatable bonds is 5. The van der Waals surface area contributed by atoms with E-state index in [-0.39, 0.29) is 5.56 Å². The van der Waals surface area contributed by atoms with Gasteiger partial charge in [-0.05, 0) is 12.1 Å². The van der Waals surface area contributed by atoms with E-state index in [1.807, 2.05) is 0 Å². The van der Waals surface area contributed by atoms with E-state index in [4.69, 9.17) is 4.74 Å². The molecule has 1 heterocycles. The van der Waals surface area contributed by atoms with Gasteiger partial charge in [-0.2, -0.15) is 5.10 Å². The standard InChI is InChI=1S/C13H14FN3O2/c1-19-7-6-17-9-10(8-15-17)16-13(18)11-4-2-3-5-12(11)14/h2-5,8-9H,6-7H2,1H3,(H,16,18). The van der Waals surface area contributed by atoms with E-state index >= 15 is 0 Å². The van der Waals surface area contributed by atoms with Crippen molar-refractivity contribution in [2.45, 2.75) is 6.54 Å². The minimum atomic E-state index is -0.549. The molecular formula is C13H14FN3O2. The van der Waals surface area contributed by atoms with Crippen LogP contribution in [0.4, 0.5) is 10.1 Å². The Bertz CT molecular complexity index is 569. The van der Waals surface area contributed by atoms with Gasteiger partial charge >= 0.3 is 0 Å². The zero-order valence-corrected chi connectivity index (χ0v) is 10.5. The Labute approximate surface area is 110 Å². The summed E-state index contributed by atoms with van der Waals surface area (Å²) in [6.45, 7) is 1.12. The quantitative estimate of drug-likeness (QED) is 0.896. The van der Waals surface area contributed by atoms with Gasteiger partial charge in [-0.25, -0.2) is 4.39 Å². The van der Waals surface area contributed by atoms with Crippen molar-refractivity contribution in [3.05, 3.63) is 48.0 Å². The first-order chi connectivity index (χ1) is 9.20. The number of methoxy groups -OCH3 is 1. The predicted octanol–water partition coefficient (Wildman–Crippen LogP) is 1.92. The Morgan fingerprint density at radius 3 is 3.00 bits per heavy atom. The van der Waals surface area contributed by atoms with Gasteiger partial charge in [0.05, 0.1) is 30.6 Å². The SMILES string of the molecule is COCCn1cc(NC(=O)c2ccccc2F)cn1. The summed E-state index contributed by atoms with van der Waals surface area (Å²) in [5.41, 5.74) is 0.525. The van der Waals surface area contributed by atoms with Crippen molar-refractivity contribution >= 4 is 11.6 Å². The number of hydrogen-bond donors (Lipinski definition) is 1. The fourth-order valence-electron chi connectivity index (χ4n) is 1.58. The highest BCUT2D eigenvalue weighted by Crippen LogP contribution is 2.11. The van der Waals surface area contributed by atoms with Gasteiger partial charge in [-0.3, -0.25) is 9.48 Å². The van der Waals surface area contributed by atoms with Crippen molar-refractivity contribution < 1.29 is 13.9 Å². The summed E-state index contributed by atoms with van der Waals surface area (Å²) in [6.07, 6.45) is 3.17. The summed E-state index contributed by atoms with van der Waals surface area (Å²) in [4.78, 5) is 11.8. The number of halogens is 1. The highest BCUT2D eigenvalue weighted by atomic mass is 19.1. The maximum atomic E-state index is 13.4. The number of nitrogens with one attached hydrogen (secondary N) is 1. The monoisotopic (exact) mass is 263 g/mol. The Hall–Kier alpha value is -2.21. The minimum absolute atomic E-state index is 0.00661. The lowest BCUT2D eigenvalue weighted by molar-refractivity contribution is 0.102. The van der Waals surface area contributed by atoms with E-state index < -0.39 is 11.7 Å². The van der Waals surface area contributed by atoms with Crippen molar-refractivity contribution in [2.75, 3.05) is 19.0 Å². The molecule has 1 amide bonds. The number of hydrogen-bond acceptors (Lipinski definition) is 3. The molecule has 0 atom stereocenters. The molecule has 0 spiro atoms. The molecule has 0 bridgehead atoms. The molecule has 0 unspecified atom stereocenters. The number of amides is 1. The number of carbonyl (C=O) groups is 1. The molecule has 0 fully saturated rings. The molecule has 0 radical (unpaired) electrons. The van der Waals surface area contributed by atoms with E-state index in [9.17, 15) is 9.18 Å². The van der Waals surface area contributed by atoms with Crippen LogP contribution in [0, 0.1) is 5.82 Å². The highest BCUT2D eigenvalue weighted by molar-refractivity contribution is 6.04. The van der Waals surface area contributed by atoms with Gasteiger partial charge in [0.1, 0.15) is 5.82 Å². The molecule has 0 aliphatic carbocycles. The second-order valence-electron chi connectivity index (χ2n) is 3.92. The molecule has 5 nitrogen and oxygen atoms in total. The molecule has 0 saturated heterocycles. The fraction of sp³-hybridized carbons (Fsp3) is 0.231. The average Bonchev–Trinajstić information content (AvgIpc) is 2.84. The predicted molar refractivity (Wildman–Crippen MR) is 68.5 cm³/mol. The van der Waals surface area contributed by atoms with Gasteiger partial charge in [-0.15, -0.1) is 0 Å². The molecule has 1 N–H and O–H groups in total. The fourth-order valence-corrected chi connectivity index (χ4v) is 1.58. The highest BCUT2D eigenvalue weighted by Gasteiger charge is 2.11. The van der Waals surface area contributed by atoms with Crippen molar-refractivity contribution in [3.8, 4) is 0 Å². The smallest absolute Gasteiger partial charge is 0.258 e. The first-order valence-corrected chi connectivity index (χ1v) is 5.78. The van der Waals surface area contributed by atoms with E-state index in [0.717, 1.165) is 0 Å². The second kappa shape index (κ2) is 6.10. The lowest BCUT2D eigenvalue weighted by atomic mass is 10.2. The van der Waals surface area contributed by atoms with Crippen molar-refractivity contribution in [1.29, 1.82) is 0 Å². The van der Waals surface area contributed by atoms with Crippen molar-refractivity contribution in [3.63, 3.8) is 0 Å². The lowest BCUT2D eigenvalue weighted by Gasteiger charge is -2.03. The molecule has 1 aromatic heterocycles. The van der Waals surface area contributed by atoms with E-state index in [2.05, 4.69) is 10.4 Å². The van der Waals surface area contributed by atoms with Gasteiger partial charge in [0.25, 0.3) is 5.91 Å². The molecule has 0 aliphatic rings. The van der Waals surface area contributed by atoms with Crippen LogP contribution in [-0.4, -0.2) is 29.4 Å². The number of ether oxygens (including phenoxy) is 1. The number of anilines is 1. The lowest BCUT2D eigenvalue weighted by Crippen LogP contribution is -2.13. The van der Waals surface area contributed by atoms with E-state index in [0.29, 0.717) is 18.8 Å². The van der Waals surface area contributed by atoms with Crippen LogP contribution in [-0.2, 0) is 11.3 Å². The summed E-state index contributed by atoms with van der Waals surface area (Å²) in [5, 5.41) is 6.64. The summed E-state index contributed by atoms with van der Waals surface area (Å²) < 4.78 is 20.0. The Balaban J connectivity index is 2.03.